The van der Waals surface area contributed by atoms with E-state index in [0.29, 0.717) is 30.2 Å². The van der Waals surface area contributed by atoms with Crippen molar-refractivity contribution in [3.05, 3.63) is 29.3 Å². The first-order valence-corrected chi connectivity index (χ1v) is 9.90. The molecule has 1 aromatic carbocycles. The van der Waals surface area contributed by atoms with Crippen molar-refractivity contribution in [2.45, 2.75) is 44.6 Å². The Morgan fingerprint density at radius 2 is 2.12 bits per heavy atom. The topological polar surface area (TPSA) is 59.2 Å². The zero-order valence-corrected chi connectivity index (χ0v) is 14.8. The number of aromatic nitrogens is 1. The monoisotopic (exact) mass is 343 g/mol. The molecule has 1 aliphatic heterocycles. The number of likely N-dealkylation sites (tertiary alicyclic amines) is 1. The fourth-order valence-corrected chi connectivity index (χ4v) is 5.26. The third-order valence-corrected chi connectivity index (χ3v) is 6.73. The molecule has 2 aliphatic rings. The SMILES string of the molecule is NC1CCC2CN(C(=O)CCCCc3nc4ccccc4s3)CC12. The Morgan fingerprint density at radius 3 is 2.96 bits per heavy atom. The largest absolute Gasteiger partial charge is 0.342 e. The van der Waals surface area contributed by atoms with Crippen LogP contribution in [0.1, 0.15) is 37.1 Å². The molecule has 3 atom stereocenters. The van der Waals surface area contributed by atoms with E-state index in [0.717, 1.165) is 44.3 Å². The molecular formula is C19H25N3OS. The summed E-state index contributed by atoms with van der Waals surface area (Å²) >= 11 is 1.77. The minimum absolute atomic E-state index is 0.312. The molecule has 1 saturated heterocycles. The van der Waals surface area contributed by atoms with Crippen LogP contribution in [0.25, 0.3) is 10.2 Å². The van der Waals surface area contributed by atoms with Crippen molar-refractivity contribution in [2.24, 2.45) is 17.6 Å². The van der Waals surface area contributed by atoms with Gasteiger partial charge in [0.15, 0.2) is 0 Å². The highest BCUT2D eigenvalue weighted by Gasteiger charge is 2.42. The van der Waals surface area contributed by atoms with E-state index in [4.69, 9.17) is 5.73 Å². The van der Waals surface area contributed by atoms with E-state index in [2.05, 4.69) is 28.1 Å². The van der Waals surface area contributed by atoms with Gasteiger partial charge in [-0.25, -0.2) is 4.98 Å². The maximum absolute atomic E-state index is 12.4. The van der Waals surface area contributed by atoms with Crippen LogP contribution in [0, 0.1) is 11.8 Å². The number of rotatable bonds is 5. The highest BCUT2D eigenvalue weighted by Crippen LogP contribution is 2.37. The van der Waals surface area contributed by atoms with Gasteiger partial charge in [0, 0.05) is 25.6 Å². The first-order valence-electron chi connectivity index (χ1n) is 9.08. The number of unbranched alkanes of at least 4 members (excludes halogenated alkanes) is 1. The minimum atomic E-state index is 0.312. The van der Waals surface area contributed by atoms with Crippen LogP contribution in [0.15, 0.2) is 24.3 Å². The highest BCUT2D eigenvalue weighted by molar-refractivity contribution is 7.18. The standard InChI is InChI=1S/C19H25N3OS/c20-15-10-9-13-11-22(12-14(13)15)19(23)8-4-3-7-18-21-16-5-1-2-6-17(16)24-18/h1-2,5-6,13-15H,3-4,7-12,20H2. The normalized spacial score (nSPS) is 26.2. The number of nitrogens with zero attached hydrogens (tertiary/aromatic N) is 2. The molecule has 1 amide bonds. The Bertz CT molecular complexity index is 695. The van der Waals surface area contributed by atoms with Crippen molar-refractivity contribution < 1.29 is 4.79 Å². The van der Waals surface area contributed by atoms with Crippen LogP contribution in [0.4, 0.5) is 0 Å². The van der Waals surface area contributed by atoms with Crippen molar-refractivity contribution in [2.75, 3.05) is 13.1 Å². The van der Waals surface area contributed by atoms with Gasteiger partial charge in [0.1, 0.15) is 0 Å². The summed E-state index contributed by atoms with van der Waals surface area (Å²) in [4.78, 5) is 19.1. The number of aryl methyl sites for hydroxylation is 1. The molecule has 128 valence electrons. The van der Waals surface area contributed by atoms with Crippen LogP contribution in [-0.4, -0.2) is 34.9 Å². The zero-order chi connectivity index (χ0) is 16.5. The summed E-state index contributed by atoms with van der Waals surface area (Å²) < 4.78 is 1.25. The van der Waals surface area contributed by atoms with Crippen LogP contribution in [0.5, 0.6) is 0 Å². The molecule has 3 unspecified atom stereocenters. The number of fused-ring (bicyclic) bond motifs is 2. The lowest BCUT2D eigenvalue weighted by Crippen LogP contribution is -2.33. The van der Waals surface area contributed by atoms with Gasteiger partial charge in [-0.2, -0.15) is 0 Å². The smallest absolute Gasteiger partial charge is 0.222 e. The van der Waals surface area contributed by atoms with E-state index in [1.165, 1.54) is 16.1 Å². The second-order valence-electron chi connectivity index (χ2n) is 7.25. The minimum Gasteiger partial charge on any atom is -0.342 e. The number of hydrogen-bond donors (Lipinski definition) is 1. The molecule has 4 nitrogen and oxygen atoms in total. The van der Waals surface area contributed by atoms with Gasteiger partial charge in [-0.15, -0.1) is 11.3 Å². The van der Waals surface area contributed by atoms with Gasteiger partial charge in [0.05, 0.1) is 15.2 Å². The average molecular weight is 343 g/mol. The van der Waals surface area contributed by atoms with Crippen molar-refractivity contribution in [1.82, 2.24) is 9.88 Å². The van der Waals surface area contributed by atoms with Crippen molar-refractivity contribution in [3.8, 4) is 0 Å². The molecule has 1 saturated carbocycles. The Labute approximate surface area is 147 Å². The number of carbonyl (C=O) groups excluding carboxylic acids is 1. The Balaban J connectivity index is 1.22. The molecule has 1 aliphatic carbocycles. The third-order valence-electron chi connectivity index (χ3n) is 5.63. The number of benzene rings is 1. The highest BCUT2D eigenvalue weighted by atomic mass is 32.1. The van der Waals surface area contributed by atoms with Gasteiger partial charge < -0.3 is 10.6 Å². The van der Waals surface area contributed by atoms with E-state index >= 15 is 0 Å². The lowest BCUT2D eigenvalue weighted by molar-refractivity contribution is -0.130. The van der Waals surface area contributed by atoms with Crippen molar-refractivity contribution >= 4 is 27.5 Å². The van der Waals surface area contributed by atoms with E-state index in [1.54, 1.807) is 11.3 Å². The number of hydrogen-bond acceptors (Lipinski definition) is 4. The summed E-state index contributed by atoms with van der Waals surface area (Å²) in [5, 5.41) is 1.19. The third kappa shape index (κ3) is 3.20. The molecule has 5 heteroatoms. The maximum Gasteiger partial charge on any atom is 0.222 e. The Kier molecular flexibility index (Phi) is 4.55. The fourth-order valence-electron chi connectivity index (χ4n) is 4.25. The first kappa shape index (κ1) is 16.0. The summed E-state index contributed by atoms with van der Waals surface area (Å²) in [5.74, 6) is 1.53. The lowest BCUT2D eigenvalue weighted by atomic mass is 9.98. The molecule has 2 heterocycles. The zero-order valence-electron chi connectivity index (χ0n) is 14.0. The van der Waals surface area contributed by atoms with E-state index in [1.807, 2.05) is 6.07 Å². The van der Waals surface area contributed by atoms with E-state index in [9.17, 15) is 4.79 Å². The summed E-state index contributed by atoms with van der Waals surface area (Å²) in [6, 6.07) is 8.58. The van der Waals surface area contributed by atoms with Gasteiger partial charge in [-0.1, -0.05) is 12.1 Å². The molecule has 2 fully saturated rings. The van der Waals surface area contributed by atoms with Crippen LogP contribution in [-0.2, 0) is 11.2 Å². The lowest BCUT2D eigenvalue weighted by Gasteiger charge is -2.18. The van der Waals surface area contributed by atoms with Gasteiger partial charge in [0.25, 0.3) is 0 Å². The number of thiazole rings is 1. The Hall–Kier alpha value is -1.46. The fraction of sp³-hybridized carbons (Fsp3) is 0.579. The number of amides is 1. The maximum atomic E-state index is 12.4. The van der Waals surface area contributed by atoms with Crippen LogP contribution < -0.4 is 5.73 Å². The van der Waals surface area contributed by atoms with Crippen LogP contribution in [0.3, 0.4) is 0 Å². The molecule has 2 N–H and O–H groups in total. The summed E-state index contributed by atoms with van der Waals surface area (Å²) in [6.07, 6.45) is 5.97. The molecule has 0 radical (unpaired) electrons. The van der Waals surface area contributed by atoms with Gasteiger partial charge in [0.2, 0.25) is 5.91 Å². The van der Waals surface area contributed by atoms with Crippen molar-refractivity contribution in [1.29, 1.82) is 0 Å². The summed E-state index contributed by atoms with van der Waals surface area (Å²) in [5.41, 5.74) is 7.25. The van der Waals surface area contributed by atoms with Crippen molar-refractivity contribution in [3.63, 3.8) is 0 Å². The molecule has 0 bridgehead atoms. The van der Waals surface area contributed by atoms with E-state index < -0.39 is 0 Å². The molecule has 0 spiro atoms. The first-order chi connectivity index (χ1) is 11.7. The summed E-state index contributed by atoms with van der Waals surface area (Å²) in [6.45, 7) is 1.83. The second-order valence-corrected chi connectivity index (χ2v) is 8.36. The quantitative estimate of drug-likeness (QED) is 0.848. The summed E-state index contributed by atoms with van der Waals surface area (Å²) in [7, 11) is 0. The number of carbonyl (C=O) groups is 1. The molecular weight excluding hydrogens is 318 g/mol. The molecule has 24 heavy (non-hydrogen) atoms. The number of para-hydroxylation sites is 1. The second kappa shape index (κ2) is 6.81. The van der Waals surface area contributed by atoms with Gasteiger partial charge >= 0.3 is 0 Å². The predicted octanol–water partition coefficient (Wildman–Crippen LogP) is 3.20. The van der Waals surface area contributed by atoms with Crippen LogP contribution in [0.2, 0.25) is 0 Å². The molecule has 2 aromatic rings. The number of nitrogens with two attached hydrogens (primary N) is 1. The Morgan fingerprint density at radius 1 is 1.25 bits per heavy atom. The molecule has 1 aromatic heterocycles. The average Bonchev–Trinajstić information content (AvgIpc) is 3.26. The predicted molar refractivity (Wildman–Crippen MR) is 97.9 cm³/mol. The van der Waals surface area contributed by atoms with E-state index in [-0.39, 0.29) is 0 Å². The van der Waals surface area contributed by atoms with Gasteiger partial charge in [-0.05, 0) is 56.1 Å². The molecule has 4 rings (SSSR count). The van der Waals surface area contributed by atoms with Gasteiger partial charge in [-0.3, -0.25) is 4.79 Å². The van der Waals surface area contributed by atoms with Crippen LogP contribution >= 0.6 is 11.3 Å².